The standard InChI is InChI=1S/C11H4Cl4N2O2/c12-7-2-1-5(10(14)11(7)15)6-3-16-4-8(9(6)13)17(18)19/h1-4H. The minimum atomic E-state index is -0.621. The van der Waals surface area contributed by atoms with Crippen molar-refractivity contribution in [2.75, 3.05) is 0 Å². The summed E-state index contributed by atoms with van der Waals surface area (Å²) < 4.78 is 0. The summed E-state index contributed by atoms with van der Waals surface area (Å²) >= 11 is 23.8. The number of rotatable bonds is 2. The predicted molar refractivity (Wildman–Crippen MR) is 76.4 cm³/mol. The van der Waals surface area contributed by atoms with Crippen LogP contribution in [0.4, 0.5) is 5.69 Å². The highest BCUT2D eigenvalue weighted by Gasteiger charge is 2.20. The van der Waals surface area contributed by atoms with E-state index in [1.807, 2.05) is 0 Å². The van der Waals surface area contributed by atoms with E-state index in [4.69, 9.17) is 46.4 Å². The van der Waals surface area contributed by atoms with Crippen LogP contribution in [0.15, 0.2) is 24.5 Å². The molecule has 19 heavy (non-hydrogen) atoms. The van der Waals surface area contributed by atoms with E-state index in [0.29, 0.717) is 11.1 Å². The second-order valence-corrected chi connectivity index (χ2v) is 5.04. The molecule has 0 fully saturated rings. The molecule has 0 aliphatic rings. The first-order valence-corrected chi connectivity index (χ1v) is 6.36. The summed E-state index contributed by atoms with van der Waals surface area (Å²) in [4.78, 5) is 14.0. The molecule has 0 unspecified atom stereocenters. The monoisotopic (exact) mass is 336 g/mol. The SMILES string of the molecule is O=[N+]([O-])c1cncc(-c2ccc(Cl)c(Cl)c2Cl)c1Cl. The highest BCUT2D eigenvalue weighted by molar-refractivity contribution is 6.49. The van der Waals surface area contributed by atoms with E-state index in [9.17, 15) is 10.1 Å². The van der Waals surface area contributed by atoms with Gasteiger partial charge in [0.05, 0.1) is 20.0 Å². The zero-order chi connectivity index (χ0) is 14.2. The molecule has 1 aromatic heterocycles. The maximum Gasteiger partial charge on any atom is 0.306 e. The second kappa shape index (κ2) is 5.51. The smallest absolute Gasteiger partial charge is 0.258 e. The Morgan fingerprint density at radius 3 is 2.26 bits per heavy atom. The van der Waals surface area contributed by atoms with Crippen molar-refractivity contribution in [3.63, 3.8) is 0 Å². The highest BCUT2D eigenvalue weighted by atomic mass is 35.5. The Morgan fingerprint density at radius 1 is 0.947 bits per heavy atom. The summed E-state index contributed by atoms with van der Waals surface area (Å²) in [6, 6.07) is 3.10. The van der Waals surface area contributed by atoms with E-state index >= 15 is 0 Å². The van der Waals surface area contributed by atoms with Gasteiger partial charge in [-0.2, -0.15) is 0 Å². The number of nitro groups is 1. The minimum Gasteiger partial charge on any atom is -0.258 e. The van der Waals surface area contributed by atoms with Crippen LogP contribution >= 0.6 is 46.4 Å². The molecule has 1 heterocycles. The topological polar surface area (TPSA) is 56.0 Å². The third kappa shape index (κ3) is 2.62. The Bertz CT molecular complexity index is 676. The van der Waals surface area contributed by atoms with Crippen LogP contribution < -0.4 is 0 Å². The van der Waals surface area contributed by atoms with Crippen LogP contribution in [0, 0.1) is 10.1 Å². The van der Waals surface area contributed by atoms with Crippen LogP contribution in [-0.2, 0) is 0 Å². The Labute approximate surface area is 128 Å². The number of nitrogens with zero attached hydrogens (tertiary/aromatic N) is 2. The first-order chi connectivity index (χ1) is 8.93. The zero-order valence-corrected chi connectivity index (χ0v) is 12.1. The Hall–Kier alpha value is -1.07. The van der Waals surface area contributed by atoms with E-state index in [1.165, 1.54) is 12.3 Å². The van der Waals surface area contributed by atoms with Gasteiger partial charge in [0.15, 0.2) is 0 Å². The summed E-state index contributed by atoms with van der Waals surface area (Å²) in [7, 11) is 0. The summed E-state index contributed by atoms with van der Waals surface area (Å²) in [5, 5.41) is 11.4. The molecule has 2 aromatic rings. The number of hydrogen-bond acceptors (Lipinski definition) is 3. The van der Waals surface area contributed by atoms with Gasteiger partial charge in [0.2, 0.25) is 0 Å². The van der Waals surface area contributed by atoms with Gasteiger partial charge in [-0.3, -0.25) is 15.1 Å². The maximum atomic E-state index is 10.8. The average Bonchev–Trinajstić information content (AvgIpc) is 2.37. The number of pyridine rings is 1. The Kier molecular flexibility index (Phi) is 4.16. The van der Waals surface area contributed by atoms with Crippen molar-refractivity contribution in [3.8, 4) is 11.1 Å². The van der Waals surface area contributed by atoms with Crippen molar-refractivity contribution < 1.29 is 4.92 Å². The second-order valence-electron chi connectivity index (χ2n) is 3.50. The van der Waals surface area contributed by atoms with Crippen LogP contribution in [0.2, 0.25) is 20.1 Å². The molecule has 0 aliphatic carbocycles. The first kappa shape index (κ1) is 14.3. The largest absolute Gasteiger partial charge is 0.306 e. The van der Waals surface area contributed by atoms with Gasteiger partial charge in [-0.25, -0.2) is 0 Å². The normalized spacial score (nSPS) is 10.5. The fraction of sp³-hybridized carbons (Fsp3) is 0. The van der Waals surface area contributed by atoms with Gasteiger partial charge in [0.25, 0.3) is 0 Å². The molecule has 0 amide bonds. The number of benzene rings is 1. The number of aromatic nitrogens is 1. The molecule has 0 aliphatic heterocycles. The summed E-state index contributed by atoms with van der Waals surface area (Å²) in [5.74, 6) is 0. The van der Waals surface area contributed by atoms with Crippen molar-refractivity contribution in [1.82, 2.24) is 4.98 Å². The minimum absolute atomic E-state index is 0.0553. The molecule has 98 valence electrons. The van der Waals surface area contributed by atoms with E-state index < -0.39 is 4.92 Å². The third-order valence-electron chi connectivity index (χ3n) is 2.38. The summed E-state index contributed by atoms with van der Waals surface area (Å²) in [5.41, 5.74) is 0.443. The van der Waals surface area contributed by atoms with Crippen LogP contribution in [0.3, 0.4) is 0 Å². The summed E-state index contributed by atoms with van der Waals surface area (Å²) in [6.45, 7) is 0. The maximum absolute atomic E-state index is 10.8. The lowest BCUT2D eigenvalue weighted by atomic mass is 10.1. The van der Waals surface area contributed by atoms with E-state index in [2.05, 4.69) is 4.98 Å². The molecule has 0 atom stereocenters. The molecule has 4 nitrogen and oxygen atoms in total. The molecule has 8 heteroatoms. The van der Waals surface area contributed by atoms with Gasteiger partial charge in [-0.05, 0) is 6.07 Å². The summed E-state index contributed by atoms with van der Waals surface area (Å²) in [6.07, 6.45) is 2.44. The number of hydrogen-bond donors (Lipinski definition) is 0. The van der Waals surface area contributed by atoms with Crippen molar-refractivity contribution in [2.45, 2.75) is 0 Å². The van der Waals surface area contributed by atoms with Crippen LogP contribution in [0.25, 0.3) is 11.1 Å². The quantitative estimate of drug-likeness (QED) is 0.426. The first-order valence-electron chi connectivity index (χ1n) is 4.85. The lowest BCUT2D eigenvalue weighted by molar-refractivity contribution is -0.385. The highest BCUT2D eigenvalue weighted by Crippen LogP contribution is 2.42. The lowest BCUT2D eigenvalue weighted by Crippen LogP contribution is -1.93. The van der Waals surface area contributed by atoms with Gasteiger partial charge < -0.3 is 0 Å². The van der Waals surface area contributed by atoms with Crippen LogP contribution in [0.1, 0.15) is 0 Å². The van der Waals surface area contributed by atoms with Gasteiger partial charge in [-0.15, -0.1) is 0 Å². The van der Waals surface area contributed by atoms with Crippen molar-refractivity contribution in [1.29, 1.82) is 0 Å². The molecule has 1 aromatic carbocycles. The van der Waals surface area contributed by atoms with Crippen molar-refractivity contribution in [2.24, 2.45) is 0 Å². The van der Waals surface area contributed by atoms with Gasteiger partial charge in [0, 0.05) is 17.3 Å². The fourth-order valence-corrected chi connectivity index (χ4v) is 2.39. The molecule has 0 radical (unpaired) electrons. The van der Waals surface area contributed by atoms with Crippen molar-refractivity contribution >= 4 is 52.1 Å². The molecule has 2 rings (SSSR count). The average molecular weight is 338 g/mol. The van der Waals surface area contributed by atoms with Gasteiger partial charge in [0.1, 0.15) is 11.2 Å². The van der Waals surface area contributed by atoms with E-state index in [-0.39, 0.29) is 25.8 Å². The Balaban J connectivity index is 2.70. The lowest BCUT2D eigenvalue weighted by Gasteiger charge is -2.08. The molecular weight excluding hydrogens is 334 g/mol. The van der Waals surface area contributed by atoms with Crippen LogP contribution in [0.5, 0.6) is 0 Å². The zero-order valence-electron chi connectivity index (χ0n) is 9.03. The Morgan fingerprint density at radius 2 is 1.63 bits per heavy atom. The molecule has 0 spiro atoms. The predicted octanol–water partition coefficient (Wildman–Crippen LogP) is 5.27. The molecule has 0 saturated carbocycles. The van der Waals surface area contributed by atoms with E-state index in [0.717, 1.165) is 6.20 Å². The van der Waals surface area contributed by atoms with Crippen LogP contribution in [-0.4, -0.2) is 9.91 Å². The molecule has 0 saturated heterocycles. The van der Waals surface area contributed by atoms with Gasteiger partial charge >= 0.3 is 5.69 Å². The molecule has 0 bridgehead atoms. The third-order valence-corrected chi connectivity index (χ3v) is 4.07. The number of halogens is 4. The van der Waals surface area contributed by atoms with Gasteiger partial charge in [-0.1, -0.05) is 52.5 Å². The molecule has 0 N–H and O–H groups in total. The molecular formula is C11H4Cl4N2O2. The van der Waals surface area contributed by atoms with E-state index in [1.54, 1.807) is 6.07 Å². The van der Waals surface area contributed by atoms with Crippen molar-refractivity contribution in [3.05, 3.63) is 54.7 Å². The fourth-order valence-electron chi connectivity index (χ4n) is 1.48.